The van der Waals surface area contributed by atoms with E-state index in [2.05, 4.69) is 5.32 Å². The molecule has 2 amide bonds. The number of anilines is 2. The van der Waals surface area contributed by atoms with Gasteiger partial charge in [-0.3, -0.25) is 9.59 Å². The fraction of sp³-hybridized carbons (Fsp3) is 0.263. The average molecular weight is 324 g/mol. The highest BCUT2D eigenvalue weighted by Crippen LogP contribution is 2.41. The first kappa shape index (κ1) is 16.1. The van der Waals surface area contributed by atoms with Crippen molar-refractivity contribution in [3.63, 3.8) is 0 Å². The van der Waals surface area contributed by atoms with Gasteiger partial charge in [0.1, 0.15) is 5.75 Å². The number of nitrogens with one attached hydrogen (secondary N) is 1. The highest BCUT2D eigenvalue weighted by molar-refractivity contribution is 6.04. The molecule has 124 valence electrons. The number of rotatable bonds is 5. The first-order chi connectivity index (χ1) is 11.6. The van der Waals surface area contributed by atoms with Crippen molar-refractivity contribution >= 4 is 23.2 Å². The van der Waals surface area contributed by atoms with Gasteiger partial charge in [-0.15, -0.1) is 0 Å². The third kappa shape index (κ3) is 3.40. The number of benzene rings is 2. The number of amides is 2. The van der Waals surface area contributed by atoms with E-state index in [0.29, 0.717) is 17.9 Å². The van der Waals surface area contributed by atoms with Crippen molar-refractivity contribution in [2.45, 2.75) is 6.42 Å². The molecular formula is C19H20N2O3. The summed E-state index contributed by atoms with van der Waals surface area (Å²) in [5.74, 6) is 0.0192. The predicted molar refractivity (Wildman–Crippen MR) is 93.1 cm³/mol. The molecule has 24 heavy (non-hydrogen) atoms. The molecular weight excluding hydrogens is 304 g/mol. The van der Waals surface area contributed by atoms with E-state index in [1.165, 1.54) is 0 Å². The van der Waals surface area contributed by atoms with Gasteiger partial charge in [0.15, 0.2) is 0 Å². The SMILES string of the molecule is COc1cccc(NC(=O)C2CC2C(=O)N(C)c2ccccc2)c1. The minimum atomic E-state index is -0.269. The monoisotopic (exact) mass is 324 g/mol. The second-order valence-corrected chi connectivity index (χ2v) is 5.90. The smallest absolute Gasteiger partial charge is 0.230 e. The van der Waals surface area contributed by atoms with Crippen LogP contribution in [0.15, 0.2) is 54.6 Å². The van der Waals surface area contributed by atoms with Crippen LogP contribution in [0.3, 0.4) is 0 Å². The molecule has 2 atom stereocenters. The van der Waals surface area contributed by atoms with Crippen LogP contribution < -0.4 is 15.0 Å². The number of ether oxygens (including phenoxy) is 1. The molecule has 0 bridgehead atoms. The molecule has 0 aromatic heterocycles. The molecule has 2 aromatic rings. The van der Waals surface area contributed by atoms with Gasteiger partial charge in [-0.25, -0.2) is 0 Å². The van der Waals surface area contributed by atoms with Crippen LogP contribution in [0, 0.1) is 11.8 Å². The summed E-state index contributed by atoms with van der Waals surface area (Å²) in [7, 11) is 3.32. The third-order valence-electron chi connectivity index (χ3n) is 4.26. The highest BCUT2D eigenvalue weighted by atomic mass is 16.5. The van der Waals surface area contributed by atoms with Crippen molar-refractivity contribution in [1.29, 1.82) is 0 Å². The van der Waals surface area contributed by atoms with Gasteiger partial charge in [0, 0.05) is 24.5 Å². The summed E-state index contributed by atoms with van der Waals surface area (Å²) in [6, 6.07) is 16.6. The Kier molecular flexibility index (Phi) is 4.51. The van der Waals surface area contributed by atoms with Gasteiger partial charge in [-0.05, 0) is 30.7 Å². The number of carbonyl (C=O) groups is 2. The normalized spacial score (nSPS) is 18.6. The van der Waals surface area contributed by atoms with Gasteiger partial charge >= 0.3 is 0 Å². The van der Waals surface area contributed by atoms with E-state index in [-0.39, 0.29) is 23.7 Å². The number of methoxy groups -OCH3 is 1. The summed E-state index contributed by atoms with van der Waals surface area (Å²) in [4.78, 5) is 26.4. The lowest BCUT2D eigenvalue weighted by Gasteiger charge is -2.17. The molecule has 1 aliphatic carbocycles. The van der Waals surface area contributed by atoms with Crippen molar-refractivity contribution in [3.8, 4) is 5.75 Å². The van der Waals surface area contributed by atoms with E-state index in [9.17, 15) is 9.59 Å². The van der Waals surface area contributed by atoms with Crippen LogP contribution in [-0.2, 0) is 9.59 Å². The van der Waals surface area contributed by atoms with Gasteiger partial charge in [0.2, 0.25) is 11.8 Å². The molecule has 0 spiro atoms. The number of hydrogen-bond donors (Lipinski definition) is 1. The first-order valence-corrected chi connectivity index (χ1v) is 7.87. The summed E-state index contributed by atoms with van der Waals surface area (Å²) < 4.78 is 5.14. The zero-order valence-corrected chi connectivity index (χ0v) is 13.7. The van der Waals surface area contributed by atoms with Crippen molar-refractivity contribution in [2.75, 3.05) is 24.4 Å². The van der Waals surface area contributed by atoms with Crippen molar-refractivity contribution in [1.82, 2.24) is 0 Å². The van der Waals surface area contributed by atoms with E-state index in [0.717, 1.165) is 5.69 Å². The summed E-state index contributed by atoms with van der Waals surface area (Å²) in [5.41, 5.74) is 1.51. The lowest BCUT2D eigenvalue weighted by atomic mass is 10.2. The Hall–Kier alpha value is -2.82. The van der Waals surface area contributed by atoms with Gasteiger partial charge in [-0.2, -0.15) is 0 Å². The van der Waals surface area contributed by atoms with Crippen LogP contribution in [0.2, 0.25) is 0 Å². The zero-order valence-electron chi connectivity index (χ0n) is 13.7. The number of carbonyl (C=O) groups excluding carboxylic acids is 2. The Morgan fingerprint density at radius 1 is 1.08 bits per heavy atom. The van der Waals surface area contributed by atoms with Crippen LogP contribution in [0.1, 0.15) is 6.42 Å². The van der Waals surface area contributed by atoms with E-state index in [1.54, 1.807) is 31.2 Å². The van der Waals surface area contributed by atoms with Gasteiger partial charge in [0.25, 0.3) is 0 Å². The van der Waals surface area contributed by atoms with Crippen LogP contribution in [0.5, 0.6) is 5.75 Å². The molecule has 0 saturated heterocycles. The van der Waals surface area contributed by atoms with Crippen LogP contribution in [0.25, 0.3) is 0 Å². The molecule has 1 aliphatic rings. The van der Waals surface area contributed by atoms with Crippen molar-refractivity contribution < 1.29 is 14.3 Å². The van der Waals surface area contributed by atoms with Gasteiger partial charge < -0.3 is 15.0 Å². The summed E-state index contributed by atoms with van der Waals surface area (Å²) in [6.45, 7) is 0. The van der Waals surface area contributed by atoms with Crippen molar-refractivity contribution in [3.05, 3.63) is 54.6 Å². The maximum atomic E-state index is 12.5. The average Bonchev–Trinajstić information content (AvgIpc) is 3.42. The first-order valence-electron chi connectivity index (χ1n) is 7.87. The fourth-order valence-corrected chi connectivity index (χ4v) is 2.72. The predicted octanol–water partition coefficient (Wildman–Crippen LogP) is 2.93. The van der Waals surface area contributed by atoms with E-state index < -0.39 is 0 Å². The van der Waals surface area contributed by atoms with E-state index in [1.807, 2.05) is 42.5 Å². The fourth-order valence-electron chi connectivity index (χ4n) is 2.72. The summed E-state index contributed by atoms with van der Waals surface area (Å²) in [5, 5.41) is 2.85. The molecule has 1 fully saturated rings. The molecule has 5 nitrogen and oxygen atoms in total. The third-order valence-corrected chi connectivity index (χ3v) is 4.26. The van der Waals surface area contributed by atoms with E-state index in [4.69, 9.17) is 4.74 Å². The molecule has 0 aliphatic heterocycles. The maximum Gasteiger partial charge on any atom is 0.230 e. The highest BCUT2D eigenvalue weighted by Gasteiger charge is 2.49. The zero-order chi connectivity index (χ0) is 17.1. The van der Waals surface area contributed by atoms with Crippen molar-refractivity contribution in [2.24, 2.45) is 11.8 Å². The van der Waals surface area contributed by atoms with Crippen LogP contribution >= 0.6 is 0 Å². The molecule has 2 unspecified atom stereocenters. The largest absolute Gasteiger partial charge is 0.497 e. The van der Waals surface area contributed by atoms with Crippen LogP contribution in [0.4, 0.5) is 11.4 Å². The molecule has 0 radical (unpaired) electrons. The lowest BCUT2D eigenvalue weighted by molar-refractivity contribution is -0.123. The van der Waals surface area contributed by atoms with Crippen LogP contribution in [-0.4, -0.2) is 26.0 Å². The summed E-state index contributed by atoms with van der Waals surface area (Å²) >= 11 is 0. The number of para-hydroxylation sites is 1. The molecule has 5 heteroatoms. The second kappa shape index (κ2) is 6.74. The Morgan fingerprint density at radius 3 is 2.54 bits per heavy atom. The topological polar surface area (TPSA) is 58.6 Å². The molecule has 1 saturated carbocycles. The number of nitrogens with zero attached hydrogens (tertiary/aromatic N) is 1. The minimum Gasteiger partial charge on any atom is -0.497 e. The molecule has 3 rings (SSSR count). The van der Waals surface area contributed by atoms with Gasteiger partial charge in [0.05, 0.1) is 18.9 Å². The Balaban J connectivity index is 1.60. The molecule has 0 heterocycles. The minimum absolute atomic E-state index is 0.0213. The Bertz CT molecular complexity index is 745. The molecule has 1 N–H and O–H groups in total. The second-order valence-electron chi connectivity index (χ2n) is 5.90. The van der Waals surface area contributed by atoms with Gasteiger partial charge in [-0.1, -0.05) is 24.3 Å². The number of hydrogen-bond acceptors (Lipinski definition) is 3. The van der Waals surface area contributed by atoms with E-state index >= 15 is 0 Å². The Labute approximate surface area is 141 Å². The standard InChI is InChI=1S/C19H20N2O3/c1-21(14-8-4-3-5-9-14)19(23)17-12-16(17)18(22)20-13-7-6-10-15(11-13)24-2/h3-11,16-17H,12H2,1-2H3,(H,20,22). The summed E-state index contributed by atoms with van der Waals surface area (Å²) in [6.07, 6.45) is 0.589. The quantitative estimate of drug-likeness (QED) is 0.920. The molecule has 2 aromatic carbocycles. The Morgan fingerprint density at radius 2 is 1.83 bits per heavy atom. The maximum absolute atomic E-state index is 12.5. The lowest BCUT2D eigenvalue weighted by Crippen LogP contribution is -2.29.